The van der Waals surface area contributed by atoms with E-state index in [0.29, 0.717) is 0 Å². The third-order valence-corrected chi connectivity index (χ3v) is 3.78. The molecule has 21 heavy (non-hydrogen) atoms. The van der Waals surface area contributed by atoms with E-state index in [4.69, 9.17) is 9.47 Å². The molecule has 1 aliphatic heterocycles. The van der Waals surface area contributed by atoms with E-state index in [2.05, 4.69) is 6.92 Å². The van der Waals surface area contributed by atoms with Gasteiger partial charge in [0.25, 0.3) is 0 Å². The maximum Gasteiger partial charge on any atom is 0.120 e. The van der Waals surface area contributed by atoms with Crippen LogP contribution >= 0.6 is 0 Å². The molecule has 0 radical (unpaired) electrons. The Morgan fingerprint density at radius 1 is 1.05 bits per heavy atom. The smallest absolute Gasteiger partial charge is 0.120 e. The minimum atomic E-state index is -1.17. The second-order valence-electron chi connectivity index (χ2n) is 5.68. The Balaban J connectivity index is 2.01. The van der Waals surface area contributed by atoms with Crippen LogP contribution in [0.4, 0.5) is 0 Å². The van der Waals surface area contributed by atoms with Crippen molar-refractivity contribution in [2.75, 3.05) is 13.2 Å². The van der Waals surface area contributed by atoms with Crippen molar-refractivity contribution in [3.63, 3.8) is 0 Å². The highest BCUT2D eigenvalue weighted by molar-refractivity contribution is 4.87. The minimum absolute atomic E-state index is 0.0216. The Labute approximate surface area is 127 Å². The number of aliphatic hydroxyl groups is 3. The van der Waals surface area contributed by atoms with Crippen molar-refractivity contribution in [1.82, 2.24) is 0 Å². The molecule has 1 saturated heterocycles. The number of hydrogen-bond donors (Lipinski definition) is 3. The standard InChI is InChI=1S/C16H30O5/c1-2-3-4-5-6-7-8-9-10-20-12-14-16(19)15(18)13(17)11-21-14/h9-10,13-19H,2-8,11-12H2,1H3/b10-9+/t13-,14+,15+,16+/m0/s1. The summed E-state index contributed by atoms with van der Waals surface area (Å²) >= 11 is 0. The molecule has 1 fully saturated rings. The lowest BCUT2D eigenvalue weighted by Crippen LogP contribution is -2.54. The average Bonchev–Trinajstić information content (AvgIpc) is 2.49. The van der Waals surface area contributed by atoms with Crippen molar-refractivity contribution < 1.29 is 24.8 Å². The molecule has 0 aromatic heterocycles. The molecule has 3 N–H and O–H groups in total. The molecule has 0 aliphatic carbocycles. The quantitative estimate of drug-likeness (QED) is 0.423. The fourth-order valence-electron chi connectivity index (χ4n) is 2.34. The van der Waals surface area contributed by atoms with Crippen LogP contribution in [-0.4, -0.2) is 52.9 Å². The van der Waals surface area contributed by atoms with Gasteiger partial charge in [0.1, 0.15) is 31.0 Å². The predicted octanol–water partition coefficient (Wildman–Crippen LogP) is 1.75. The highest BCUT2D eigenvalue weighted by atomic mass is 16.6. The van der Waals surface area contributed by atoms with Crippen molar-refractivity contribution in [3.8, 4) is 0 Å². The molecule has 5 heteroatoms. The maximum absolute atomic E-state index is 9.71. The summed E-state index contributed by atoms with van der Waals surface area (Å²) < 4.78 is 10.6. The molecule has 1 aliphatic rings. The van der Waals surface area contributed by atoms with Gasteiger partial charge in [0, 0.05) is 0 Å². The van der Waals surface area contributed by atoms with Gasteiger partial charge < -0.3 is 24.8 Å². The average molecular weight is 302 g/mol. The molecule has 0 amide bonds. The van der Waals surface area contributed by atoms with Crippen molar-refractivity contribution in [1.29, 1.82) is 0 Å². The Bertz CT molecular complexity index is 282. The first-order valence-corrected chi connectivity index (χ1v) is 8.09. The number of aliphatic hydroxyl groups excluding tert-OH is 3. The van der Waals surface area contributed by atoms with E-state index in [1.807, 2.05) is 6.08 Å². The topological polar surface area (TPSA) is 79.2 Å². The summed E-state index contributed by atoms with van der Waals surface area (Å²) in [7, 11) is 0. The van der Waals surface area contributed by atoms with Gasteiger partial charge in [-0.3, -0.25) is 0 Å². The molecule has 0 saturated carbocycles. The number of hydrogen-bond acceptors (Lipinski definition) is 5. The third kappa shape index (κ3) is 7.27. The van der Waals surface area contributed by atoms with Gasteiger partial charge in [-0.05, 0) is 18.9 Å². The van der Waals surface area contributed by atoms with Crippen LogP contribution in [0.5, 0.6) is 0 Å². The zero-order chi connectivity index (χ0) is 15.5. The SMILES string of the molecule is CCCCCCCC/C=C/OC[C@H]1OC[C@H](O)[C@@H](O)[C@@H]1O. The first-order valence-electron chi connectivity index (χ1n) is 8.09. The number of unbranched alkanes of at least 4 members (excludes halogenated alkanes) is 6. The van der Waals surface area contributed by atoms with Gasteiger partial charge in [-0.1, -0.05) is 39.0 Å². The fraction of sp³-hybridized carbons (Fsp3) is 0.875. The van der Waals surface area contributed by atoms with Crippen LogP contribution in [0.2, 0.25) is 0 Å². The lowest BCUT2D eigenvalue weighted by atomic mass is 10.0. The van der Waals surface area contributed by atoms with E-state index in [9.17, 15) is 15.3 Å². The van der Waals surface area contributed by atoms with E-state index in [1.165, 1.54) is 32.1 Å². The second kappa shape index (κ2) is 11.0. The van der Waals surface area contributed by atoms with Crippen LogP contribution in [-0.2, 0) is 9.47 Å². The molecule has 1 rings (SSSR count). The summed E-state index contributed by atoms with van der Waals surface area (Å²) in [6.07, 6.45) is 8.31. The summed E-state index contributed by atoms with van der Waals surface area (Å²) in [6, 6.07) is 0. The van der Waals surface area contributed by atoms with Crippen LogP contribution in [0, 0.1) is 0 Å². The van der Waals surface area contributed by atoms with Crippen LogP contribution in [0.15, 0.2) is 12.3 Å². The van der Waals surface area contributed by atoms with Gasteiger partial charge in [0.2, 0.25) is 0 Å². The van der Waals surface area contributed by atoms with E-state index >= 15 is 0 Å². The highest BCUT2D eigenvalue weighted by Gasteiger charge is 2.37. The normalized spacial score (nSPS) is 29.9. The van der Waals surface area contributed by atoms with Gasteiger partial charge in [0.15, 0.2) is 0 Å². The van der Waals surface area contributed by atoms with Gasteiger partial charge in [-0.2, -0.15) is 0 Å². The highest BCUT2D eigenvalue weighted by Crippen LogP contribution is 2.16. The molecule has 124 valence electrons. The van der Waals surface area contributed by atoms with Crippen LogP contribution in [0.1, 0.15) is 51.9 Å². The molecule has 0 bridgehead atoms. The maximum atomic E-state index is 9.71. The van der Waals surface area contributed by atoms with Gasteiger partial charge in [0.05, 0.1) is 12.9 Å². The van der Waals surface area contributed by atoms with E-state index in [-0.39, 0.29) is 13.2 Å². The summed E-state index contributed by atoms with van der Waals surface area (Å²) in [5.41, 5.74) is 0. The Kier molecular flexibility index (Phi) is 9.67. The lowest BCUT2D eigenvalue weighted by Gasteiger charge is -2.34. The van der Waals surface area contributed by atoms with Crippen LogP contribution < -0.4 is 0 Å². The van der Waals surface area contributed by atoms with Gasteiger partial charge in [-0.25, -0.2) is 0 Å². The number of ether oxygens (including phenoxy) is 2. The Morgan fingerprint density at radius 2 is 1.76 bits per heavy atom. The predicted molar refractivity (Wildman–Crippen MR) is 80.8 cm³/mol. The third-order valence-electron chi connectivity index (χ3n) is 3.78. The molecule has 0 unspecified atom stereocenters. The number of allylic oxidation sites excluding steroid dienone is 1. The molecule has 5 nitrogen and oxygen atoms in total. The van der Waals surface area contributed by atoms with Crippen molar-refractivity contribution in [2.24, 2.45) is 0 Å². The zero-order valence-corrected chi connectivity index (χ0v) is 13.0. The summed E-state index contributed by atoms with van der Waals surface area (Å²) in [4.78, 5) is 0. The van der Waals surface area contributed by atoms with E-state index < -0.39 is 24.4 Å². The lowest BCUT2D eigenvalue weighted by molar-refractivity contribution is -0.195. The van der Waals surface area contributed by atoms with Crippen molar-refractivity contribution in [2.45, 2.75) is 76.3 Å². The molecular formula is C16H30O5. The summed E-state index contributed by atoms with van der Waals surface area (Å²) in [5, 5.41) is 28.6. The molecule has 4 atom stereocenters. The van der Waals surface area contributed by atoms with Crippen molar-refractivity contribution in [3.05, 3.63) is 12.3 Å². The van der Waals surface area contributed by atoms with Crippen molar-refractivity contribution >= 4 is 0 Å². The molecular weight excluding hydrogens is 272 g/mol. The van der Waals surface area contributed by atoms with Gasteiger partial charge >= 0.3 is 0 Å². The minimum Gasteiger partial charge on any atom is -0.499 e. The van der Waals surface area contributed by atoms with Crippen LogP contribution in [0.3, 0.4) is 0 Å². The Hall–Kier alpha value is -0.620. The fourth-order valence-corrected chi connectivity index (χ4v) is 2.34. The molecule has 1 heterocycles. The zero-order valence-electron chi connectivity index (χ0n) is 13.0. The number of rotatable bonds is 10. The molecule has 0 aromatic rings. The molecule has 0 spiro atoms. The Morgan fingerprint density at radius 3 is 2.52 bits per heavy atom. The van der Waals surface area contributed by atoms with Crippen LogP contribution in [0.25, 0.3) is 0 Å². The first kappa shape index (κ1) is 18.4. The summed E-state index contributed by atoms with van der Waals surface area (Å²) in [6.45, 7) is 2.42. The first-order chi connectivity index (χ1) is 10.2. The largest absolute Gasteiger partial charge is 0.499 e. The summed E-state index contributed by atoms with van der Waals surface area (Å²) in [5.74, 6) is 0. The molecule has 0 aromatic carbocycles. The van der Waals surface area contributed by atoms with Gasteiger partial charge in [-0.15, -0.1) is 0 Å². The van der Waals surface area contributed by atoms with E-state index in [0.717, 1.165) is 12.8 Å². The second-order valence-corrected chi connectivity index (χ2v) is 5.68. The van der Waals surface area contributed by atoms with E-state index in [1.54, 1.807) is 6.26 Å². The monoisotopic (exact) mass is 302 g/mol.